The lowest BCUT2D eigenvalue weighted by molar-refractivity contribution is -0.384. The van der Waals surface area contributed by atoms with Crippen LogP contribution in [0.15, 0.2) is 60.3 Å². The number of amides is 1. The van der Waals surface area contributed by atoms with E-state index in [9.17, 15) is 20.2 Å². The number of rotatable bonds is 6. The quantitative estimate of drug-likeness (QED) is 0.352. The van der Waals surface area contributed by atoms with Crippen LogP contribution in [0.2, 0.25) is 0 Å². The van der Waals surface area contributed by atoms with Gasteiger partial charge in [0.25, 0.3) is 11.6 Å². The van der Waals surface area contributed by atoms with Gasteiger partial charge >= 0.3 is 0 Å². The van der Waals surface area contributed by atoms with Gasteiger partial charge in [-0.05, 0) is 35.7 Å². The Balaban J connectivity index is 2.04. The molecule has 0 aliphatic carbocycles. The summed E-state index contributed by atoms with van der Waals surface area (Å²) in [4.78, 5) is 22.2. The van der Waals surface area contributed by atoms with Gasteiger partial charge in [0.05, 0.1) is 4.92 Å². The first kappa shape index (κ1) is 18.7. The molecule has 0 spiro atoms. The van der Waals surface area contributed by atoms with E-state index in [4.69, 9.17) is 0 Å². The summed E-state index contributed by atoms with van der Waals surface area (Å²) >= 11 is 0. The number of hydrogen-bond donors (Lipinski definition) is 2. The molecule has 0 aromatic heterocycles. The Bertz CT molecular complexity index is 863. The minimum absolute atomic E-state index is 0.0782. The number of hydrogen-bond acceptors (Lipinski definition) is 5. The molecule has 0 radical (unpaired) electrons. The zero-order valence-electron chi connectivity index (χ0n) is 14.4. The first-order valence-electron chi connectivity index (χ1n) is 7.93. The highest BCUT2D eigenvalue weighted by Crippen LogP contribution is 2.18. The first-order chi connectivity index (χ1) is 12.4. The number of carbonyl (C=O) groups excluding carboxylic acids is 1. The number of nitro groups is 1. The Morgan fingerprint density at radius 2 is 1.69 bits per heavy atom. The molecular weight excluding hydrogens is 332 g/mol. The Morgan fingerprint density at radius 3 is 2.19 bits per heavy atom. The van der Waals surface area contributed by atoms with Crippen LogP contribution >= 0.6 is 0 Å². The van der Waals surface area contributed by atoms with Crippen molar-refractivity contribution in [3.8, 4) is 6.07 Å². The Hall–Kier alpha value is -3.66. The van der Waals surface area contributed by atoms with Crippen LogP contribution in [-0.2, 0) is 4.79 Å². The Kier molecular flexibility index (Phi) is 6.06. The van der Waals surface area contributed by atoms with E-state index >= 15 is 0 Å². The second-order valence-electron chi connectivity index (χ2n) is 5.85. The molecule has 0 saturated carbocycles. The molecule has 7 nitrogen and oxygen atoms in total. The third-order valence-corrected chi connectivity index (χ3v) is 3.66. The SMILES string of the molecule is CC(C)c1ccc(N/C=C(/C#N)C(=O)Nc2ccc([N+](=O)[O-])cc2)cc1. The molecule has 2 rings (SSSR count). The van der Waals surface area contributed by atoms with E-state index in [0.29, 0.717) is 11.6 Å². The molecule has 0 fully saturated rings. The van der Waals surface area contributed by atoms with Crippen molar-refractivity contribution in [3.63, 3.8) is 0 Å². The van der Waals surface area contributed by atoms with E-state index in [1.54, 1.807) is 0 Å². The van der Waals surface area contributed by atoms with Crippen molar-refractivity contribution in [3.05, 3.63) is 76.0 Å². The lowest BCUT2D eigenvalue weighted by atomic mass is 10.0. The number of nitrogens with one attached hydrogen (secondary N) is 2. The second kappa shape index (κ2) is 8.44. The number of benzene rings is 2. The minimum Gasteiger partial charge on any atom is -0.360 e. The van der Waals surface area contributed by atoms with Crippen LogP contribution in [0.4, 0.5) is 17.1 Å². The molecule has 0 heterocycles. The van der Waals surface area contributed by atoms with Crippen molar-refractivity contribution in [2.75, 3.05) is 10.6 Å². The highest BCUT2D eigenvalue weighted by atomic mass is 16.6. The molecule has 2 aromatic carbocycles. The van der Waals surface area contributed by atoms with Gasteiger partial charge in [0, 0.05) is 29.7 Å². The fourth-order valence-electron chi connectivity index (χ4n) is 2.13. The summed E-state index contributed by atoms with van der Waals surface area (Å²) in [6.07, 6.45) is 1.32. The highest BCUT2D eigenvalue weighted by Gasteiger charge is 2.11. The summed E-state index contributed by atoms with van der Waals surface area (Å²) in [5.41, 5.74) is 2.12. The van der Waals surface area contributed by atoms with E-state index in [1.165, 1.54) is 36.0 Å². The highest BCUT2D eigenvalue weighted by molar-refractivity contribution is 6.06. The van der Waals surface area contributed by atoms with Crippen LogP contribution < -0.4 is 10.6 Å². The first-order valence-corrected chi connectivity index (χ1v) is 7.93. The minimum atomic E-state index is -0.604. The third kappa shape index (κ3) is 4.92. The molecule has 7 heteroatoms. The average Bonchev–Trinajstić information content (AvgIpc) is 2.63. The van der Waals surface area contributed by atoms with Crippen LogP contribution in [0.3, 0.4) is 0 Å². The lowest BCUT2D eigenvalue weighted by Gasteiger charge is -2.07. The normalized spacial score (nSPS) is 10.9. The summed E-state index contributed by atoms with van der Waals surface area (Å²) in [6.45, 7) is 4.19. The number of nitriles is 1. The fourth-order valence-corrected chi connectivity index (χ4v) is 2.13. The van der Waals surface area contributed by atoms with Gasteiger partial charge < -0.3 is 10.6 Å². The molecule has 2 aromatic rings. The molecule has 132 valence electrons. The van der Waals surface area contributed by atoms with Crippen molar-refractivity contribution >= 4 is 23.0 Å². The van der Waals surface area contributed by atoms with E-state index in [1.807, 2.05) is 30.3 Å². The predicted molar refractivity (Wildman–Crippen MR) is 99.6 cm³/mol. The molecule has 26 heavy (non-hydrogen) atoms. The van der Waals surface area contributed by atoms with Crippen molar-refractivity contribution in [1.29, 1.82) is 5.26 Å². The number of carbonyl (C=O) groups is 1. The van der Waals surface area contributed by atoms with Crippen LogP contribution in [0.5, 0.6) is 0 Å². The van der Waals surface area contributed by atoms with Gasteiger partial charge in [0.1, 0.15) is 11.6 Å². The molecule has 0 saturated heterocycles. The van der Waals surface area contributed by atoms with Crippen molar-refractivity contribution in [1.82, 2.24) is 0 Å². The van der Waals surface area contributed by atoms with Gasteiger partial charge in [-0.1, -0.05) is 26.0 Å². The molecule has 1 amide bonds. The van der Waals surface area contributed by atoms with Gasteiger partial charge in [0.15, 0.2) is 0 Å². The monoisotopic (exact) mass is 350 g/mol. The van der Waals surface area contributed by atoms with Gasteiger partial charge in [-0.3, -0.25) is 14.9 Å². The second-order valence-corrected chi connectivity index (χ2v) is 5.85. The topological polar surface area (TPSA) is 108 Å². The Morgan fingerprint density at radius 1 is 1.12 bits per heavy atom. The maximum absolute atomic E-state index is 12.2. The van der Waals surface area contributed by atoms with E-state index in [2.05, 4.69) is 24.5 Å². The molecule has 0 aliphatic rings. The Labute approximate surface area is 151 Å². The zero-order valence-corrected chi connectivity index (χ0v) is 14.4. The van der Waals surface area contributed by atoms with Gasteiger partial charge in [0.2, 0.25) is 0 Å². The maximum Gasteiger partial charge on any atom is 0.269 e. The van der Waals surface area contributed by atoms with Gasteiger partial charge in [-0.15, -0.1) is 0 Å². The summed E-state index contributed by atoms with van der Waals surface area (Å²) in [7, 11) is 0. The largest absolute Gasteiger partial charge is 0.360 e. The van der Waals surface area contributed by atoms with E-state index < -0.39 is 10.8 Å². The third-order valence-electron chi connectivity index (χ3n) is 3.66. The van der Waals surface area contributed by atoms with E-state index in [-0.39, 0.29) is 11.3 Å². The predicted octanol–water partition coefficient (Wildman–Crippen LogP) is 4.18. The van der Waals surface area contributed by atoms with E-state index in [0.717, 1.165) is 5.69 Å². The summed E-state index contributed by atoms with van der Waals surface area (Å²) in [5.74, 6) is -0.186. The van der Waals surface area contributed by atoms with Gasteiger partial charge in [-0.2, -0.15) is 5.26 Å². The molecular formula is C19H18N4O3. The molecule has 0 atom stereocenters. The molecule has 0 aliphatic heterocycles. The number of anilines is 2. The fraction of sp³-hybridized carbons (Fsp3) is 0.158. The smallest absolute Gasteiger partial charge is 0.269 e. The number of nitro benzene ring substituents is 1. The maximum atomic E-state index is 12.2. The molecule has 0 bridgehead atoms. The van der Waals surface area contributed by atoms with Gasteiger partial charge in [-0.25, -0.2) is 0 Å². The van der Waals surface area contributed by atoms with Crippen molar-refractivity contribution in [2.24, 2.45) is 0 Å². The van der Waals surface area contributed by atoms with Crippen LogP contribution in [-0.4, -0.2) is 10.8 Å². The van der Waals surface area contributed by atoms with Crippen molar-refractivity contribution < 1.29 is 9.72 Å². The number of nitrogens with zero attached hydrogens (tertiary/aromatic N) is 2. The number of non-ortho nitro benzene ring substituents is 1. The average molecular weight is 350 g/mol. The standard InChI is InChI=1S/C19H18N4O3/c1-13(2)14-3-5-16(6-4-14)21-12-15(11-20)19(24)22-17-7-9-18(10-8-17)23(25)26/h3-10,12-13,21H,1-2H3,(H,22,24)/b15-12-. The molecule has 2 N–H and O–H groups in total. The van der Waals surface area contributed by atoms with Crippen LogP contribution in [0, 0.1) is 21.4 Å². The molecule has 0 unspecified atom stereocenters. The van der Waals surface area contributed by atoms with Crippen LogP contribution in [0.25, 0.3) is 0 Å². The summed E-state index contributed by atoms with van der Waals surface area (Å²) in [6, 6.07) is 14.9. The zero-order chi connectivity index (χ0) is 19.1. The summed E-state index contributed by atoms with van der Waals surface area (Å²) in [5, 5.41) is 25.2. The van der Waals surface area contributed by atoms with Crippen molar-refractivity contribution in [2.45, 2.75) is 19.8 Å². The summed E-state index contributed by atoms with van der Waals surface area (Å²) < 4.78 is 0. The lowest BCUT2D eigenvalue weighted by Crippen LogP contribution is -2.14. The van der Waals surface area contributed by atoms with Crippen LogP contribution in [0.1, 0.15) is 25.3 Å².